The molecule has 0 aliphatic heterocycles. The molecule has 0 aromatic carbocycles. The maximum Gasteiger partial charge on any atom is 0.354 e. The van der Waals surface area contributed by atoms with Crippen LogP contribution in [0.2, 0.25) is 0 Å². The molecule has 1 aromatic rings. The fourth-order valence-corrected chi connectivity index (χ4v) is 2.37. The Morgan fingerprint density at radius 3 is 2.40 bits per heavy atom. The van der Waals surface area contributed by atoms with E-state index in [9.17, 15) is 9.59 Å². The predicted octanol–water partition coefficient (Wildman–Crippen LogP) is 2.62. The molecule has 108 valence electrons. The maximum absolute atomic E-state index is 11.8. The Balaban J connectivity index is 1.85. The van der Waals surface area contributed by atoms with Crippen LogP contribution >= 0.6 is 0 Å². The fourth-order valence-electron chi connectivity index (χ4n) is 2.37. The van der Waals surface area contributed by atoms with Crippen molar-refractivity contribution in [3.8, 4) is 0 Å². The summed E-state index contributed by atoms with van der Waals surface area (Å²) in [5.41, 5.74) is 0.445. The molecule has 0 bridgehead atoms. The fraction of sp³-hybridized carbons (Fsp3) is 0.500. The first-order valence-corrected chi connectivity index (χ1v) is 6.92. The van der Waals surface area contributed by atoms with Crippen LogP contribution in [-0.2, 0) is 0 Å². The molecule has 0 saturated heterocycles. The molecule has 1 aliphatic carbocycles. The summed E-state index contributed by atoms with van der Waals surface area (Å²) in [5, 5.41) is 14.4. The number of urea groups is 1. The normalized spacial score (nSPS) is 16.2. The standard InChI is InChI=1S/C14H19N3O3/c18-13(19)12-8-7-11(9-15-12)17-14(20)16-10-5-3-1-2-4-6-10/h7-10H,1-6H2,(H,18,19)(H2,16,17,20). The summed E-state index contributed by atoms with van der Waals surface area (Å²) in [6.07, 6.45) is 8.16. The van der Waals surface area contributed by atoms with E-state index in [4.69, 9.17) is 5.11 Å². The first-order chi connectivity index (χ1) is 9.65. The summed E-state index contributed by atoms with van der Waals surface area (Å²) in [7, 11) is 0. The van der Waals surface area contributed by atoms with Gasteiger partial charge in [0, 0.05) is 6.04 Å². The second-order valence-electron chi connectivity index (χ2n) is 5.02. The quantitative estimate of drug-likeness (QED) is 0.741. The number of carboxylic acid groups (broad SMARTS) is 1. The Bertz CT molecular complexity index is 465. The lowest BCUT2D eigenvalue weighted by atomic mass is 10.1. The van der Waals surface area contributed by atoms with Crippen LogP contribution in [0.25, 0.3) is 0 Å². The number of amides is 2. The van der Waals surface area contributed by atoms with Crippen LogP contribution in [0, 0.1) is 0 Å². The Kier molecular flexibility index (Phi) is 4.92. The molecule has 0 radical (unpaired) electrons. The SMILES string of the molecule is O=C(Nc1ccc(C(=O)O)nc1)NC1CCCCCC1. The largest absolute Gasteiger partial charge is 0.477 e. The summed E-state index contributed by atoms with van der Waals surface area (Å²) < 4.78 is 0. The van der Waals surface area contributed by atoms with Crippen molar-refractivity contribution in [3.05, 3.63) is 24.0 Å². The predicted molar refractivity (Wildman–Crippen MR) is 74.8 cm³/mol. The number of aromatic carboxylic acids is 1. The van der Waals surface area contributed by atoms with Crippen molar-refractivity contribution in [3.63, 3.8) is 0 Å². The first-order valence-electron chi connectivity index (χ1n) is 6.92. The number of carbonyl (C=O) groups is 2. The number of aromatic nitrogens is 1. The van der Waals surface area contributed by atoms with E-state index in [1.165, 1.54) is 31.2 Å². The van der Waals surface area contributed by atoms with Gasteiger partial charge in [-0.15, -0.1) is 0 Å². The zero-order valence-corrected chi connectivity index (χ0v) is 11.3. The third-order valence-electron chi connectivity index (χ3n) is 3.43. The summed E-state index contributed by atoms with van der Waals surface area (Å²) in [6.45, 7) is 0. The van der Waals surface area contributed by atoms with Gasteiger partial charge in [0.25, 0.3) is 0 Å². The van der Waals surface area contributed by atoms with E-state index in [0.717, 1.165) is 25.7 Å². The lowest BCUT2D eigenvalue weighted by Gasteiger charge is -2.16. The lowest BCUT2D eigenvalue weighted by molar-refractivity contribution is 0.0690. The molecular formula is C14H19N3O3. The van der Waals surface area contributed by atoms with Gasteiger partial charge in [0.05, 0.1) is 11.9 Å². The molecule has 2 rings (SSSR count). The summed E-state index contributed by atoms with van der Waals surface area (Å²) >= 11 is 0. The molecule has 1 aliphatic rings. The molecule has 0 unspecified atom stereocenters. The van der Waals surface area contributed by atoms with Crippen molar-refractivity contribution in [1.29, 1.82) is 0 Å². The molecule has 6 nitrogen and oxygen atoms in total. The Hall–Kier alpha value is -2.11. The van der Waals surface area contributed by atoms with E-state index in [2.05, 4.69) is 15.6 Å². The smallest absolute Gasteiger partial charge is 0.354 e. The molecule has 0 spiro atoms. The molecular weight excluding hydrogens is 258 g/mol. The van der Waals surface area contributed by atoms with E-state index < -0.39 is 5.97 Å². The average Bonchev–Trinajstić information content (AvgIpc) is 2.68. The van der Waals surface area contributed by atoms with E-state index in [-0.39, 0.29) is 17.8 Å². The van der Waals surface area contributed by atoms with Crippen molar-refractivity contribution in [2.45, 2.75) is 44.6 Å². The summed E-state index contributed by atoms with van der Waals surface area (Å²) in [5.74, 6) is -1.08. The monoisotopic (exact) mass is 277 g/mol. The van der Waals surface area contributed by atoms with E-state index >= 15 is 0 Å². The molecule has 1 aromatic heterocycles. The number of carbonyl (C=O) groups excluding carboxylic acids is 1. The van der Waals surface area contributed by atoms with E-state index in [1.54, 1.807) is 0 Å². The Labute approximate surface area is 117 Å². The number of hydrogen-bond donors (Lipinski definition) is 3. The molecule has 6 heteroatoms. The van der Waals surface area contributed by atoms with Gasteiger partial charge < -0.3 is 15.7 Å². The highest BCUT2D eigenvalue weighted by Gasteiger charge is 2.14. The Morgan fingerprint density at radius 2 is 1.85 bits per heavy atom. The third-order valence-corrected chi connectivity index (χ3v) is 3.43. The topological polar surface area (TPSA) is 91.3 Å². The second kappa shape index (κ2) is 6.88. The zero-order chi connectivity index (χ0) is 14.4. The van der Waals surface area contributed by atoms with E-state index in [0.29, 0.717) is 5.69 Å². The Morgan fingerprint density at radius 1 is 1.15 bits per heavy atom. The van der Waals surface area contributed by atoms with Gasteiger partial charge >= 0.3 is 12.0 Å². The second-order valence-corrected chi connectivity index (χ2v) is 5.02. The minimum Gasteiger partial charge on any atom is -0.477 e. The number of nitrogens with one attached hydrogen (secondary N) is 2. The minimum atomic E-state index is -1.08. The van der Waals surface area contributed by atoms with Crippen molar-refractivity contribution >= 4 is 17.7 Å². The highest BCUT2D eigenvalue weighted by molar-refractivity contribution is 5.90. The summed E-state index contributed by atoms with van der Waals surface area (Å²) in [4.78, 5) is 26.3. The van der Waals surface area contributed by atoms with Crippen molar-refractivity contribution < 1.29 is 14.7 Å². The van der Waals surface area contributed by atoms with Gasteiger partial charge in [-0.2, -0.15) is 0 Å². The van der Waals surface area contributed by atoms with Crippen LogP contribution in [0.15, 0.2) is 18.3 Å². The molecule has 20 heavy (non-hydrogen) atoms. The number of hydrogen-bond acceptors (Lipinski definition) is 3. The van der Waals surface area contributed by atoms with Gasteiger partial charge in [-0.05, 0) is 25.0 Å². The van der Waals surface area contributed by atoms with Crippen LogP contribution in [0.1, 0.15) is 49.0 Å². The maximum atomic E-state index is 11.8. The molecule has 2 amide bonds. The molecule has 1 heterocycles. The van der Waals surface area contributed by atoms with Gasteiger partial charge in [0.15, 0.2) is 0 Å². The number of anilines is 1. The third kappa shape index (κ3) is 4.22. The minimum absolute atomic E-state index is 0.0419. The van der Waals surface area contributed by atoms with Crippen LogP contribution in [0.4, 0.5) is 10.5 Å². The van der Waals surface area contributed by atoms with Crippen molar-refractivity contribution in [1.82, 2.24) is 10.3 Å². The zero-order valence-electron chi connectivity index (χ0n) is 11.3. The highest BCUT2D eigenvalue weighted by Crippen LogP contribution is 2.17. The van der Waals surface area contributed by atoms with E-state index in [1.807, 2.05) is 0 Å². The number of pyridine rings is 1. The number of rotatable bonds is 3. The van der Waals surface area contributed by atoms with Crippen molar-refractivity contribution in [2.24, 2.45) is 0 Å². The molecule has 0 atom stereocenters. The molecule has 1 saturated carbocycles. The van der Waals surface area contributed by atoms with Gasteiger partial charge in [0.2, 0.25) is 0 Å². The van der Waals surface area contributed by atoms with Crippen molar-refractivity contribution in [2.75, 3.05) is 5.32 Å². The van der Waals surface area contributed by atoms with Gasteiger partial charge in [-0.3, -0.25) is 0 Å². The van der Waals surface area contributed by atoms with Crippen LogP contribution < -0.4 is 10.6 Å². The van der Waals surface area contributed by atoms with Crippen LogP contribution in [0.5, 0.6) is 0 Å². The highest BCUT2D eigenvalue weighted by atomic mass is 16.4. The molecule has 3 N–H and O–H groups in total. The lowest BCUT2D eigenvalue weighted by Crippen LogP contribution is -2.37. The first kappa shape index (κ1) is 14.3. The van der Waals surface area contributed by atoms with Crippen LogP contribution in [0.3, 0.4) is 0 Å². The van der Waals surface area contributed by atoms with Crippen LogP contribution in [-0.4, -0.2) is 28.1 Å². The molecule has 1 fully saturated rings. The number of nitrogens with zero attached hydrogens (tertiary/aromatic N) is 1. The summed E-state index contributed by atoms with van der Waals surface area (Å²) in [6, 6.07) is 2.86. The van der Waals surface area contributed by atoms with Gasteiger partial charge in [-0.1, -0.05) is 25.7 Å². The van der Waals surface area contributed by atoms with Gasteiger partial charge in [-0.25, -0.2) is 14.6 Å². The number of carboxylic acids is 1. The average molecular weight is 277 g/mol. The van der Waals surface area contributed by atoms with Gasteiger partial charge in [0.1, 0.15) is 5.69 Å².